The van der Waals surface area contributed by atoms with E-state index in [9.17, 15) is 10.1 Å². The maximum atomic E-state index is 10.4. The summed E-state index contributed by atoms with van der Waals surface area (Å²) in [5.41, 5.74) is 0.589. The van der Waals surface area contributed by atoms with Gasteiger partial charge in [0, 0.05) is 6.07 Å². The molecule has 1 rings (SSSR count). The van der Waals surface area contributed by atoms with Crippen LogP contribution in [0.2, 0.25) is 6.82 Å². The number of nitro groups is 1. The Kier molecular flexibility index (Phi) is 2.84. The van der Waals surface area contributed by atoms with E-state index in [4.69, 9.17) is 4.74 Å². The van der Waals surface area contributed by atoms with E-state index in [1.165, 1.54) is 19.4 Å². The quantitative estimate of drug-likeness (QED) is 0.382. The molecule has 1 heterocycles. The topological polar surface area (TPSA) is 65.3 Å². The van der Waals surface area contributed by atoms with Crippen LogP contribution in [0.4, 0.5) is 5.69 Å². The van der Waals surface area contributed by atoms with Crippen LogP contribution in [-0.2, 0) is 0 Å². The standard InChI is InChI=1S/C7H8BN2O3/c1-8-6-3-5(10(11)12)4-9-7(6)13-2/h3-4H,1-2H3. The molecule has 0 fully saturated rings. The number of hydrogen-bond acceptors (Lipinski definition) is 4. The first-order valence-corrected chi connectivity index (χ1v) is 3.66. The lowest BCUT2D eigenvalue weighted by molar-refractivity contribution is -0.385. The van der Waals surface area contributed by atoms with E-state index in [1.54, 1.807) is 14.1 Å². The van der Waals surface area contributed by atoms with E-state index < -0.39 is 4.92 Å². The van der Waals surface area contributed by atoms with Crippen LogP contribution < -0.4 is 10.2 Å². The normalized spacial score (nSPS) is 9.38. The summed E-state index contributed by atoms with van der Waals surface area (Å²) in [5, 5.41) is 10.4. The van der Waals surface area contributed by atoms with Gasteiger partial charge in [-0.15, -0.1) is 0 Å². The van der Waals surface area contributed by atoms with Crippen LogP contribution in [0.5, 0.6) is 5.88 Å². The van der Waals surface area contributed by atoms with Crippen LogP contribution in [0.1, 0.15) is 0 Å². The maximum Gasteiger partial charge on any atom is 0.287 e. The number of rotatable bonds is 3. The minimum Gasteiger partial charge on any atom is -0.481 e. The molecular formula is C7H8BN2O3. The van der Waals surface area contributed by atoms with Crippen molar-refractivity contribution in [2.45, 2.75) is 6.82 Å². The highest BCUT2D eigenvalue weighted by atomic mass is 16.6. The van der Waals surface area contributed by atoms with Gasteiger partial charge < -0.3 is 4.74 Å². The zero-order chi connectivity index (χ0) is 9.84. The van der Waals surface area contributed by atoms with Crippen LogP contribution in [0.15, 0.2) is 12.3 Å². The highest BCUT2D eigenvalue weighted by molar-refractivity contribution is 6.53. The Morgan fingerprint density at radius 3 is 2.85 bits per heavy atom. The lowest BCUT2D eigenvalue weighted by Gasteiger charge is -2.03. The SMILES string of the molecule is C[B]c1cc([N+](=O)[O-])cnc1OC. The zero-order valence-electron chi connectivity index (χ0n) is 7.35. The van der Waals surface area contributed by atoms with Crippen LogP contribution in [-0.4, -0.2) is 24.3 Å². The second kappa shape index (κ2) is 3.89. The first-order chi connectivity index (χ1) is 6.19. The summed E-state index contributed by atoms with van der Waals surface area (Å²) >= 11 is 0. The molecule has 1 radical (unpaired) electrons. The van der Waals surface area contributed by atoms with Crippen molar-refractivity contribution in [1.82, 2.24) is 4.98 Å². The van der Waals surface area contributed by atoms with Gasteiger partial charge in [0.05, 0.1) is 12.0 Å². The fourth-order valence-corrected chi connectivity index (χ4v) is 0.935. The van der Waals surface area contributed by atoms with Crippen LogP contribution in [0, 0.1) is 10.1 Å². The van der Waals surface area contributed by atoms with Crippen LogP contribution in [0.3, 0.4) is 0 Å². The van der Waals surface area contributed by atoms with Gasteiger partial charge in [0.15, 0.2) is 7.28 Å². The molecule has 0 saturated heterocycles. The van der Waals surface area contributed by atoms with E-state index in [2.05, 4.69) is 4.98 Å². The Hall–Kier alpha value is -1.59. The molecule has 0 aliphatic heterocycles. The van der Waals surface area contributed by atoms with Crippen LogP contribution in [0.25, 0.3) is 0 Å². The Bertz CT molecular complexity index is 330. The van der Waals surface area contributed by atoms with Gasteiger partial charge in [0.25, 0.3) is 5.69 Å². The molecule has 0 spiro atoms. The third kappa shape index (κ3) is 1.96. The Balaban J connectivity index is 3.13. The molecule has 6 heteroatoms. The molecule has 67 valence electrons. The molecule has 0 amide bonds. The molecule has 0 saturated carbocycles. The molecule has 1 aromatic rings. The number of methoxy groups -OCH3 is 1. The molecule has 1 aromatic heterocycles. The molecule has 0 unspecified atom stereocenters. The molecule has 0 aliphatic carbocycles. The predicted octanol–water partition coefficient (Wildman–Crippen LogP) is 0.376. The Morgan fingerprint density at radius 2 is 2.38 bits per heavy atom. The van der Waals surface area contributed by atoms with Crippen molar-refractivity contribution in [2.75, 3.05) is 7.11 Å². The van der Waals surface area contributed by atoms with E-state index in [-0.39, 0.29) is 5.69 Å². The first-order valence-electron chi connectivity index (χ1n) is 3.66. The predicted molar refractivity (Wildman–Crippen MR) is 48.7 cm³/mol. The maximum absolute atomic E-state index is 10.4. The lowest BCUT2D eigenvalue weighted by atomic mass is 9.74. The average Bonchev–Trinajstić information content (AvgIpc) is 2.16. The fraction of sp³-hybridized carbons (Fsp3) is 0.286. The average molecular weight is 179 g/mol. The molecule has 0 N–H and O–H groups in total. The van der Waals surface area contributed by atoms with Gasteiger partial charge >= 0.3 is 0 Å². The van der Waals surface area contributed by atoms with Crippen molar-refractivity contribution in [1.29, 1.82) is 0 Å². The second-order valence-corrected chi connectivity index (χ2v) is 2.34. The number of hydrogen-bond donors (Lipinski definition) is 0. The molecule has 0 aromatic carbocycles. The van der Waals surface area contributed by atoms with Crippen molar-refractivity contribution in [3.05, 3.63) is 22.4 Å². The monoisotopic (exact) mass is 179 g/mol. The summed E-state index contributed by atoms with van der Waals surface area (Å²) in [7, 11) is 3.18. The molecule has 5 nitrogen and oxygen atoms in total. The summed E-state index contributed by atoms with van der Waals surface area (Å²) in [6, 6.07) is 1.42. The molecule has 13 heavy (non-hydrogen) atoms. The second-order valence-electron chi connectivity index (χ2n) is 2.34. The Morgan fingerprint density at radius 1 is 1.69 bits per heavy atom. The van der Waals surface area contributed by atoms with Crippen molar-refractivity contribution in [2.24, 2.45) is 0 Å². The molecule has 0 bridgehead atoms. The highest BCUT2D eigenvalue weighted by Crippen LogP contribution is 2.10. The summed E-state index contributed by atoms with van der Waals surface area (Å²) in [4.78, 5) is 13.7. The summed E-state index contributed by atoms with van der Waals surface area (Å²) < 4.78 is 4.91. The third-order valence-corrected chi connectivity index (χ3v) is 1.58. The Labute approximate surface area is 76.1 Å². The summed E-state index contributed by atoms with van der Waals surface area (Å²) in [6.45, 7) is 1.77. The molecular weight excluding hydrogens is 171 g/mol. The van der Waals surface area contributed by atoms with Gasteiger partial charge in [0.2, 0.25) is 5.88 Å². The first kappa shape index (κ1) is 9.50. The van der Waals surface area contributed by atoms with E-state index in [1.807, 2.05) is 0 Å². The van der Waals surface area contributed by atoms with Gasteiger partial charge in [-0.1, -0.05) is 6.82 Å². The number of nitrogens with zero attached hydrogens (tertiary/aromatic N) is 2. The van der Waals surface area contributed by atoms with Crippen molar-refractivity contribution >= 4 is 18.4 Å². The summed E-state index contributed by atoms with van der Waals surface area (Å²) in [5.74, 6) is 0.396. The van der Waals surface area contributed by atoms with Gasteiger partial charge in [-0.05, 0) is 5.46 Å². The van der Waals surface area contributed by atoms with E-state index in [0.29, 0.717) is 11.3 Å². The van der Waals surface area contributed by atoms with E-state index in [0.717, 1.165) is 0 Å². The van der Waals surface area contributed by atoms with E-state index >= 15 is 0 Å². The van der Waals surface area contributed by atoms with Gasteiger partial charge in [-0.2, -0.15) is 0 Å². The third-order valence-electron chi connectivity index (χ3n) is 1.58. The smallest absolute Gasteiger partial charge is 0.287 e. The van der Waals surface area contributed by atoms with Gasteiger partial charge in [-0.25, -0.2) is 4.98 Å². The van der Waals surface area contributed by atoms with Gasteiger partial charge in [-0.3, -0.25) is 10.1 Å². The lowest BCUT2D eigenvalue weighted by Crippen LogP contribution is -2.16. The minimum absolute atomic E-state index is 0.0334. The van der Waals surface area contributed by atoms with Gasteiger partial charge in [0.1, 0.15) is 6.20 Å². The fourth-order valence-electron chi connectivity index (χ4n) is 0.935. The number of pyridine rings is 1. The number of aromatic nitrogens is 1. The van der Waals surface area contributed by atoms with Crippen LogP contribution >= 0.6 is 0 Å². The van der Waals surface area contributed by atoms with Crippen molar-refractivity contribution in [3.63, 3.8) is 0 Å². The molecule has 0 aliphatic rings. The highest BCUT2D eigenvalue weighted by Gasteiger charge is 2.10. The zero-order valence-corrected chi connectivity index (χ0v) is 7.35. The number of ether oxygens (including phenoxy) is 1. The largest absolute Gasteiger partial charge is 0.481 e. The molecule has 0 atom stereocenters. The van der Waals surface area contributed by atoms with Crippen molar-refractivity contribution < 1.29 is 9.66 Å². The van der Waals surface area contributed by atoms with Crippen molar-refractivity contribution in [3.8, 4) is 5.88 Å². The summed E-state index contributed by atoms with van der Waals surface area (Å²) in [6.07, 6.45) is 1.17. The minimum atomic E-state index is -0.487.